The fourth-order valence-electron chi connectivity index (χ4n) is 2.76. The Morgan fingerprint density at radius 2 is 1.87 bits per heavy atom. The van der Waals surface area contributed by atoms with Crippen molar-refractivity contribution < 1.29 is 9.53 Å². The van der Waals surface area contributed by atoms with Crippen LogP contribution in [-0.4, -0.2) is 49.1 Å². The van der Waals surface area contributed by atoms with Gasteiger partial charge in [0.1, 0.15) is 10.9 Å². The van der Waals surface area contributed by atoms with Crippen molar-refractivity contribution in [3.63, 3.8) is 0 Å². The zero-order valence-corrected chi connectivity index (χ0v) is 13.7. The fraction of sp³-hybridized carbons (Fsp3) is 0.294. The largest absolute Gasteiger partial charge is 0.495 e. The predicted molar refractivity (Wildman–Crippen MR) is 90.4 cm³/mol. The topological polar surface area (TPSA) is 45.7 Å². The summed E-state index contributed by atoms with van der Waals surface area (Å²) >= 11 is 6.02. The third-order valence-corrected chi connectivity index (χ3v) is 4.28. The Labute approximate surface area is 140 Å². The first-order valence-corrected chi connectivity index (χ1v) is 7.86. The SMILES string of the molecule is COc1ccccc1N1CCN(C(=O)c2cccnc2Cl)CC1. The summed E-state index contributed by atoms with van der Waals surface area (Å²) in [5.41, 5.74) is 1.52. The second kappa shape index (κ2) is 6.87. The summed E-state index contributed by atoms with van der Waals surface area (Å²) in [6.45, 7) is 2.79. The van der Waals surface area contributed by atoms with E-state index in [0.29, 0.717) is 18.7 Å². The summed E-state index contributed by atoms with van der Waals surface area (Å²) in [6.07, 6.45) is 1.58. The monoisotopic (exact) mass is 331 g/mol. The number of benzene rings is 1. The highest BCUT2D eigenvalue weighted by Gasteiger charge is 2.25. The molecule has 0 N–H and O–H groups in total. The van der Waals surface area contributed by atoms with Gasteiger partial charge in [-0.3, -0.25) is 4.79 Å². The molecule has 2 heterocycles. The molecule has 0 atom stereocenters. The summed E-state index contributed by atoms with van der Waals surface area (Å²) in [6, 6.07) is 11.4. The predicted octanol–water partition coefficient (Wildman–Crippen LogP) is 2.71. The lowest BCUT2D eigenvalue weighted by molar-refractivity contribution is 0.0746. The molecular formula is C17H18ClN3O2. The van der Waals surface area contributed by atoms with Crippen molar-refractivity contribution in [3.8, 4) is 5.75 Å². The van der Waals surface area contributed by atoms with Crippen molar-refractivity contribution >= 4 is 23.2 Å². The third-order valence-electron chi connectivity index (χ3n) is 3.98. The number of carbonyl (C=O) groups excluding carboxylic acids is 1. The van der Waals surface area contributed by atoms with Crippen molar-refractivity contribution in [2.75, 3.05) is 38.2 Å². The molecule has 0 spiro atoms. The van der Waals surface area contributed by atoms with Crippen LogP contribution in [0.4, 0.5) is 5.69 Å². The van der Waals surface area contributed by atoms with Gasteiger partial charge in [0.2, 0.25) is 0 Å². The van der Waals surface area contributed by atoms with E-state index < -0.39 is 0 Å². The number of ether oxygens (including phenoxy) is 1. The average molecular weight is 332 g/mol. The van der Waals surface area contributed by atoms with Gasteiger partial charge in [0.05, 0.1) is 18.4 Å². The average Bonchev–Trinajstić information content (AvgIpc) is 2.61. The van der Waals surface area contributed by atoms with Gasteiger partial charge < -0.3 is 14.5 Å². The molecule has 0 bridgehead atoms. The first kappa shape index (κ1) is 15.6. The molecule has 120 valence electrons. The molecule has 1 saturated heterocycles. The van der Waals surface area contributed by atoms with Crippen molar-refractivity contribution in [2.45, 2.75) is 0 Å². The number of methoxy groups -OCH3 is 1. The Bertz CT molecular complexity index is 700. The van der Waals surface area contributed by atoms with Gasteiger partial charge in [0, 0.05) is 32.4 Å². The van der Waals surface area contributed by atoms with Crippen LogP contribution in [0.1, 0.15) is 10.4 Å². The van der Waals surface area contributed by atoms with Crippen LogP contribution in [0.2, 0.25) is 5.15 Å². The maximum atomic E-state index is 12.5. The van der Waals surface area contributed by atoms with Crippen LogP contribution in [0.15, 0.2) is 42.6 Å². The molecule has 1 amide bonds. The Hall–Kier alpha value is -2.27. The van der Waals surface area contributed by atoms with Gasteiger partial charge in [-0.25, -0.2) is 4.98 Å². The maximum absolute atomic E-state index is 12.5. The molecule has 0 saturated carbocycles. The summed E-state index contributed by atoms with van der Waals surface area (Å²) < 4.78 is 5.41. The lowest BCUT2D eigenvalue weighted by atomic mass is 10.2. The van der Waals surface area contributed by atoms with E-state index in [1.54, 1.807) is 25.4 Å². The Morgan fingerprint density at radius 3 is 2.57 bits per heavy atom. The fourth-order valence-corrected chi connectivity index (χ4v) is 2.96. The van der Waals surface area contributed by atoms with Crippen LogP contribution in [0, 0.1) is 0 Å². The summed E-state index contributed by atoms with van der Waals surface area (Å²) in [5.74, 6) is 0.783. The molecule has 0 radical (unpaired) electrons. The number of pyridine rings is 1. The van der Waals surface area contributed by atoms with E-state index >= 15 is 0 Å². The highest BCUT2D eigenvalue weighted by Crippen LogP contribution is 2.28. The molecule has 1 aliphatic rings. The van der Waals surface area contributed by atoms with Crippen molar-refractivity contribution in [3.05, 3.63) is 53.3 Å². The third kappa shape index (κ3) is 3.24. The Balaban J connectivity index is 1.69. The molecule has 3 rings (SSSR count). The summed E-state index contributed by atoms with van der Waals surface area (Å²) in [7, 11) is 1.67. The number of aromatic nitrogens is 1. The number of piperazine rings is 1. The maximum Gasteiger partial charge on any atom is 0.257 e. The molecule has 23 heavy (non-hydrogen) atoms. The molecule has 1 aliphatic heterocycles. The van der Waals surface area contributed by atoms with Crippen LogP contribution in [-0.2, 0) is 0 Å². The molecule has 0 aliphatic carbocycles. The number of nitrogens with zero attached hydrogens (tertiary/aromatic N) is 3. The van der Waals surface area contributed by atoms with Crippen LogP contribution in [0.5, 0.6) is 5.75 Å². The quantitative estimate of drug-likeness (QED) is 0.811. The number of hydrogen-bond donors (Lipinski definition) is 0. The molecular weight excluding hydrogens is 314 g/mol. The van der Waals surface area contributed by atoms with E-state index in [9.17, 15) is 4.79 Å². The Kier molecular flexibility index (Phi) is 4.67. The number of carbonyl (C=O) groups is 1. The van der Waals surface area contributed by atoms with E-state index in [0.717, 1.165) is 24.5 Å². The highest BCUT2D eigenvalue weighted by molar-refractivity contribution is 6.32. The number of amides is 1. The van der Waals surface area contributed by atoms with Crippen LogP contribution < -0.4 is 9.64 Å². The van der Waals surface area contributed by atoms with E-state index in [1.165, 1.54) is 0 Å². The molecule has 2 aromatic rings. The van der Waals surface area contributed by atoms with Crippen molar-refractivity contribution in [1.29, 1.82) is 0 Å². The van der Waals surface area contributed by atoms with Crippen LogP contribution in [0.25, 0.3) is 0 Å². The van der Waals surface area contributed by atoms with Gasteiger partial charge in [-0.05, 0) is 24.3 Å². The van der Waals surface area contributed by atoms with Crippen LogP contribution in [0.3, 0.4) is 0 Å². The van der Waals surface area contributed by atoms with Gasteiger partial charge in [-0.15, -0.1) is 0 Å². The number of halogens is 1. The van der Waals surface area contributed by atoms with E-state index in [-0.39, 0.29) is 11.1 Å². The first-order valence-electron chi connectivity index (χ1n) is 7.48. The van der Waals surface area contributed by atoms with Gasteiger partial charge in [0.15, 0.2) is 0 Å². The molecule has 5 nitrogen and oxygen atoms in total. The second-order valence-electron chi connectivity index (χ2n) is 5.29. The first-order chi connectivity index (χ1) is 11.2. The van der Waals surface area contributed by atoms with Gasteiger partial charge in [-0.2, -0.15) is 0 Å². The molecule has 1 fully saturated rings. The smallest absolute Gasteiger partial charge is 0.257 e. The molecule has 6 heteroatoms. The zero-order chi connectivity index (χ0) is 16.2. The number of rotatable bonds is 3. The summed E-state index contributed by atoms with van der Waals surface area (Å²) in [5, 5.41) is 0.254. The standard InChI is InChI=1S/C17H18ClN3O2/c1-23-15-7-3-2-6-14(15)20-9-11-21(12-10-20)17(22)13-5-4-8-19-16(13)18/h2-8H,9-12H2,1H3. The van der Waals surface area contributed by atoms with E-state index in [4.69, 9.17) is 16.3 Å². The van der Waals surface area contributed by atoms with Gasteiger partial charge in [-0.1, -0.05) is 23.7 Å². The minimum absolute atomic E-state index is 0.0669. The van der Waals surface area contributed by atoms with Crippen molar-refractivity contribution in [1.82, 2.24) is 9.88 Å². The molecule has 1 aromatic carbocycles. The van der Waals surface area contributed by atoms with E-state index in [2.05, 4.69) is 9.88 Å². The normalized spacial score (nSPS) is 14.7. The Morgan fingerprint density at radius 1 is 1.13 bits per heavy atom. The lowest BCUT2D eigenvalue weighted by Gasteiger charge is -2.36. The summed E-state index contributed by atoms with van der Waals surface area (Å²) in [4.78, 5) is 20.6. The second-order valence-corrected chi connectivity index (χ2v) is 5.65. The molecule has 0 unspecified atom stereocenters. The lowest BCUT2D eigenvalue weighted by Crippen LogP contribution is -2.49. The minimum atomic E-state index is -0.0669. The minimum Gasteiger partial charge on any atom is -0.495 e. The number of para-hydroxylation sites is 2. The number of hydrogen-bond acceptors (Lipinski definition) is 4. The number of anilines is 1. The van der Waals surface area contributed by atoms with Crippen LogP contribution >= 0.6 is 11.6 Å². The van der Waals surface area contributed by atoms with Gasteiger partial charge in [0.25, 0.3) is 5.91 Å². The zero-order valence-electron chi connectivity index (χ0n) is 12.9. The van der Waals surface area contributed by atoms with Gasteiger partial charge >= 0.3 is 0 Å². The van der Waals surface area contributed by atoms with Crippen molar-refractivity contribution in [2.24, 2.45) is 0 Å². The van der Waals surface area contributed by atoms with E-state index in [1.807, 2.05) is 29.2 Å². The molecule has 1 aromatic heterocycles. The highest BCUT2D eigenvalue weighted by atomic mass is 35.5.